The lowest BCUT2D eigenvalue weighted by Gasteiger charge is -2.39. The molecule has 0 N–H and O–H groups in total. The molecule has 1 aliphatic carbocycles. The minimum absolute atomic E-state index is 0.464. The summed E-state index contributed by atoms with van der Waals surface area (Å²) in [6.07, 6.45) is 0. The van der Waals surface area contributed by atoms with Gasteiger partial charge in [0.1, 0.15) is 5.82 Å². The topological polar surface area (TPSA) is 56.5 Å². The summed E-state index contributed by atoms with van der Waals surface area (Å²) in [6, 6.07) is 70.8. The number of benzene rings is 8. The Bertz CT molecular complexity index is 3130. The van der Waals surface area contributed by atoms with Gasteiger partial charge >= 0.3 is 0 Å². The molecule has 0 bridgehead atoms. The summed E-state index contributed by atoms with van der Waals surface area (Å²) < 4.78 is 2.39. The Hall–Kier alpha value is -7.76. The molecule has 5 nitrogen and oxygen atoms in total. The van der Waals surface area contributed by atoms with Crippen molar-refractivity contribution >= 4 is 11.0 Å². The summed E-state index contributed by atoms with van der Waals surface area (Å²) in [5, 5.41) is 0. The van der Waals surface area contributed by atoms with Gasteiger partial charge in [-0.3, -0.25) is 4.57 Å². The van der Waals surface area contributed by atoms with Crippen molar-refractivity contribution in [2.45, 2.75) is 5.41 Å². The average Bonchev–Trinajstić information content (AvgIpc) is 3.84. The molecule has 3 heterocycles. The molecule has 12 rings (SSSR count). The van der Waals surface area contributed by atoms with Crippen LogP contribution in [0.15, 0.2) is 200 Å². The predicted molar refractivity (Wildman–Crippen MR) is 232 cm³/mol. The summed E-state index contributed by atoms with van der Waals surface area (Å²) in [7, 11) is 0. The first-order valence-corrected chi connectivity index (χ1v) is 19.6. The van der Waals surface area contributed by atoms with E-state index in [-0.39, 0.29) is 0 Å². The standard InChI is InChI=1S/C53H33N5/c1-3-16-34(17-4-1)49-55-50(35-18-5-2-6-19-35)57-51(56-49)38-22-13-20-36(32-38)37-21-14-23-39(33-37)52-54-46-30-15-29-45-48(46)58(52)47-31-12-11-28-44(47)53(45)42-26-9-7-24-40(42)41-25-8-10-27-43(41)53/h1-33H. The summed E-state index contributed by atoms with van der Waals surface area (Å²) in [5.41, 5.74) is 16.5. The van der Waals surface area contributed by atoms with Crippen molar-refractivity contribution in [2.24, 2.45) is 0 Å². The monoisotopic (exact) mass is 739 g/mol. The minimum atomic E-state index is -0.464. The number of fused-ring (bicyclic) bond motifs is 9. The highest BCUT2D eigenvalue weighted by Gasteiger charge is 2.50. The van der Waals surface area contributed by atoms with Gasteiger partial charge in [0.15, 0.2) is 17.5 Å². The van der Waals surface area contributed by atoms with Crippen molar-refractivity contribution in [3.05, 3.63) is 222 Å². The third kappa shape index (κ3) is 4.71. The van der Waals surface area contributed by atoms with Crippen LogP contribution in [-0.4, -0.2) is 24.5 Å². The molecular weight excluding hydrogens is 707 g/mol. The van der Waals surface area contributed by atoms with Crippen LogP contribution in [0.3, 0.4) is 0 Å². The second kappa shape index (κ2) is 12.6. The SMILES string of the molecule is c1ccc(-c2nc(-c3ccccc3)nc(-c3cccc(-c4cccc(-c5nc6cccc7c6n5-c5ccccc5C75c6ccccc6-c6ccccc65)c4)c3)n2)cc1. The molecule has 0 radical (unpaired) electrons. The fourth-order valence-corrected chi connectivity index (χ4v) is 9.42. The van der Waals surface area contributed by atoms with E-state index in [1.807, 2.05) is 60.7 Å². The largest absolute Gasteiger partial charge is 0.292 e. The maximum absolute atomic E-state index is 5.43. The van der Waals surface area contributed by atoms with Gasteiger partial charge in [-0.15, -0.1) is 0 Å². The minimum Gasteiger partial charge on any atom is -0.292 e. The Labute approximate surface area is 335 Å². The van der Waals surface area contributed by atoms with Gasteiger partial charge < -0.3 is 0 Å². The van der Waals surface area contributed by atoms with Gasteiger partial charge in [0.05, 0.1) is 22.1 Å². The zero-order chi connectivity index (χ0) is 38.2. The van der Waals surface area contributed by atoms with E-state index >= 15 is 0 Å². The van der Waals surface area contributed by atoms with Crippen molar-refractivity contribution < 1.29 is 0 Å². The third-order valence-corrected chi connectivity index (χ3v) is 11.9. The van der Waals surface area contributed by atoms with Gasteiger partial charge in [-0.05, 0) is 68.8 Å². The first-order valence-electron chi connectivity index (χ1n) is 19.6. The van der Waals surface area contributed by atoms with E-state index in [9.17, 15) is 0 Å². The smallest absolute Gasteiger partial charge is 0.164 e. The Morgan fingerprint density at radius 3 is 1.41 bits per heavy atom. The van der Waals surface area contributed by atoms with E-state index in [2.05, 4.69) is 144 Å². The predicted octanol–water partition coefficient (Wildman–Crippen LogP) is 12.2. The van der Waals surface area contributed by atoms with Gasteiger partial charge in [-0.2, -0.15) is 0 Å². The highest BCUT2D eigenvalue weighted by molar-refractivity contribution is 5.97. The van der Waals surface area contributed by atoms with E-state index in [1.165, 1.54) is 33.4 Å². The van der Waals surface area contributed by atoms with Crippen LogP contribution in [-0.2, 0) is 5.41 Å². The molecule has 0 saturated heterocycles. The summed E-state index contributed by atoms with van der Waals surface area (Å²) in [4.78, 5) is 20.3. The second-order valence-electron chi connectivity index (χ2n) is 15.0. The van der Waals surface area contributed by atoms with Crippen molar-refractivity contribution in [3.8, 4) is 73.5 Å². The molecule has 5 heteroatoms. The molecule has 1 aliphatic heterocycles. The molecule has 0 saturated carbocycles. The Balaban J connectivity index is 1.01. The van der Waals surface area contributed by atoms with Gasteiger partial charge in [0.2, 0.25) is 0 Å². The highest BCUT2D eigenvalue weighted by Crippen LogP contribution is 2.60. The Kier molecular flexibility index (Phi) is 7.07. The lowest BCUT2D eigenvalue weighted by molar-refractivity contribution is 0.746. The molecule has 2 aromatic heterocycles. The molecule has 10 aromatic rings. The van der Waals surface area contributed by atoms with E-state index in [1.54, 1.807) is 0 Å². The van der Waals surface area contributed by atoms with Crippen LogP contribution in [0.5, 0.6) is 0 Å². The van der Waals surface area contributed by atoms with Gasteiger partial charge in [-0.1, -0.05) is 176 Å². The Morgan fingerprint density at radius 1 is 0.328 bits per heavy atom. The molecule has 2 aliphatic rings. The maximum atomic E-state index is 5.43. The normalized spacial score (nSPS) is 13.0. The fraction of sp³-hybridized carbons (Fsp3) is 0.0189. The number of para-hydroxylation sites is 2. The molecule has 0 atom stereocenters. The molecule has 0 unspecified atom stereocenters. The van der Waals surface area contributed by atoms with E-state index in [4.69, 9.17) is 19.9 Å². The molecular formula is C53H33N5. The Morgan fingerprint density at radius 2 is 0.776 bits per heavy atom. The van der Waals surface area contributed by atoms with Crippen molar-refractivity contribution in [1.82, 2.24) is 24.5 Å². The lowest BCUT2D eigenvalue weighted by atomic mass is 9.65. The summed E-state index contributed by atoms with van der Waals surface area (Å²) in [5.74, 6) is 2.83. The molecule has 8 aromatic carbocycles. The number of nitrogens with zero attached hydrogens (tertiary/aromatic N) is 5. The zero-order valence-corrected chi connectivity index (χ0v) is 31.3. The second-order valence-corrected chi connectivity index (χ2v) is 15.0. The average molecular weight is 740 g/mol. The van der Waals surface area contributed by atoms with Crippen LogP contribution in [0, 0.1) is 0 Å². The number of rotatable bonds is 5. The van der Waals surface area contributed by atoms with Crippen LogP contribution >= 0.6 is 0 Å². The molecule has 58 heavy (non-hydrogen) atoms. The summed E-state index contributed by atoms with van der Waals surface area (Å²) in [6.45, 7) is 0. The van der Waals surface area contributed by atoms with E-state index in [0.29, 0.717) is 17.5 Å². The number of imidazole rings is 1. The first kappa shape index (κ1) is 32.5. The van der Waals surface area contributed by atoms with E-state index < -0.39 is 5.41 Å². The molecule has 270 valence electrons. The van der Waals surface area contributed by atoms with Crippen LogP contribution in [0.2, 0.25) is 0 Å². The van der Waals surface area contributed by atoms with Gasteiger partial charge in [0, 0.05) is 22.3 Å². The van der Waals surface area contributed by atoms with Crippen LogP contribution < -0.4 is 0 Å². The van der Waals surface area contributed by atoms with Crippen molar-refractivity contribution in [2.75, 3.05) is 0 Å². The number of hydrogen-bond acceptors (Lipinski definition) is 4. The zero-order valence-electron chi connectivity index (χ0n) is 31.3. The fourth-order valence-electron chi connectivity index (χ4n) is 9.42. The quantitative estimate of drug-likeness (QED) is 0.176. The van der Waals surface area contributed by atoms with Crippen molar-refractivity contribution in [1.29, 1.82) is 0 Å². The van der Waals surface area contributed by atoms with Crippen LogP contribution in [0.25, 0.3) is 84.5 Å². The third-order valence-electron chi connectivity index (χ3n) is 11.9. The summed E-state index contributed by atoms with van der Waals surface area (Å²) >= 11 is 0. The first-order chi connectivity index (χ1) is 28.8. The number of hydrogen-bond donors (Lipinski definition) is 0. The molecule has 1 spiro atoms. The maximum Gasteiger partial charge on any atom is 0.164 e. The van der Waals surface area contributed by atoms with Crippen LogP contribution in [0.1, 0.15) is 22.3 Å². The molecule has 0 fully saturated rings. The van der Waals surface area contributed by atoms with Crippen molar-refractivity contribution in [3.63, 3.8) is 0 Å². The van der Waals surface area contributed by atoms with E-state index in [0.717, 1.165) is 55.9 Å². The number of aromatic nitrogens is 5. The van der Waals surface area contributed by atoms with Gasteiger partial charge in [-0.25, -0.2) is 19.9 Å². The highest BCUT2D eigenvalue weighted by atomic mass is 15.1. The van der Waals surface area contributed by atoms with Gasteiger partial charge in [0.25, 0.3) is 0 Å². The van der Waals surface area contributed by atoms with Crippen LogP contribution in [0.4, 0.5) is 0 Å². The molecule has 0 amide bonds. The lowest BCUT2D eigenvalue weighted by Crippen LogP contribution is -2.33.